The average Bonchev–Trinajstić information content (AvgIpc) is 3.09. The van der Waals surface area contributed by atoms with Crippen LogP contribution in [0.5, 0.6) is 5.75 Å². The lowest BCUT2D eigenvalue weighted by atomic mass is 10.2. The summed E-state index contributed by atoms with van der Waals surface area (Å²) < 4.78 is 19.0. The van der Waals surface area contributed by atoms with E-state index in [2.05, 4.69) is 4.99 Å². The third-order valence-electron chi connectivity index (χ3n) is 4.75. The van der Waals surface area contributed by atoms with Gasteiger partial charge in [-0.2, -0.15) is 0 Å². The van der Waals surface area contributed by atoms with Crippen molar-refractivity contribution in [1.29, 1.82) is 0 Å². The maximum atomic E-state index is 13.1. The predicted molar refractivity (Wildman–Crippen MR) is 129 cm³/mol. The molecule has 1 amide bonds. The van der Waals surface area contributed by atoms with E-state index >= 15 is 0 Å². The zero-order valence-corrected chi connectivity index (χ0v) is 18.9. The molecule has 0 spiro atoms. The molecule has 1 aliphatic rings. The number of amides is 1. The van der Waals surface area contributed by atoms with Crippen molar-refractivity contribution in [3.8, 4) is 5.75 Å². The Hall–Kier alpha value is -3.09. The number of likely N-dealkylation sites (N-methyl/N-ethyl adjacent to an activating group) is 1. The Morgan fingerprint density at radius 3 is 2.38 bits per heavy atom. The zero-order valence-electron chi connectivity index (χ0n) is 17.3. The smallest absolute Gasteiger partial charge is 0.266 e. The Balaban J connectivity index is 1.46. The molecule has 0 N–H and O–H groups in total. The Labute approximate surface area is 195 Å². The predicted octanol–water partition coefficient (Wildman–Crippen LogP) is 6.68. The van der Waals surface area contributed by atoms with Gasteiger partial charge >= 0.3 is 0 Å². The summed E-state index contributed by atoms with van der Waals surface area (Å²) in [5.74, 6) is 0.320. The van der Waals surface area contributed by atoms with Crippen LogP contribution in [-0.4, -0.2) is 22.5 Å². The molecule has 0 aliphatic carbocycles. The van der Waals surface area contributed by atoms with Gasteiger partial charge in [-0.1, -0.05) is 35.9 Å². The second-order valence-electron chi connectivity index (χ2n) is 7.02. The van der Waals surface area contributed by atoms with Crippen molar-refractivity contribution in [2.75, 3.05) is 6.54 Å². The van der Waals surface area contributed by atoms with Gasteiger partial charge in [0.25, 0.3) is 5.91 Å². The summed E-state index contributed by atoms with van der Waals surface area (Å²) >= 11 is 7.21. The minimum absolute atomic E-state index is 0.0959. The highest BCUT2D eigenvalue weighted by Crippen LogP contribution is 2.34. The summed E-state index contributed by atoms with van der Waals surface area (Å²) in [5, 5.41) is 1.27. The first-order chi connectivity index (χ1) is 15.5. The van der Waals surface area contributed by atoms with Gasteiger partial charge in [0.15, 0.2) is 5.17 Å². The number of carbonyl (C=O) groups excluding carboxylic acids is 1. The topological polar surface area (TPSA) is 41.9 Å². The van der Waals surface area contributed by atoms with Crippen LogP contribution in [-0.2, 0) is 11.4 Å². The van der Waals surface area contributed by atoms with Crippen LogP contribution >= 0.6 is 23.4 Å². The first-order valence-corrected chi connectivity index (χ1v) is 11.2. The van der Waals surface area contributed by atoms with Crippen LogP contribution < -0.4 is 4.74 Å². The Morgan fingerprint density at radius 2 is 1.72 bits per heavy atom. The van der Waals surface area contributed by atoms with E-state index in [9.17, 15) is 9.18 Å². The van der Waals surface area contributed by atoms with E-state index in [1.54, 1.807) is 17.0 Å². The van der Waals surface area contributed by atoms with Crippen LogP contribution in [0.2, 0.25) is 5.02 Å². The fourth-order valence-electron chi connectivity index (χ4n) is 3.06. The maximum absolute atomic E-state index is 13.1. The van der Waals surface area contributed by atoms with Crippen molar-refractivity contribution in [2.45, 2.75) is 13.5 Å². The number of rotatable bonds is 6. The van der Waals surface area contributed by atoms with Crippen LogP contribution in [0.15, 0.2) is 82.7 Å². The normalized spacial score (nSPS) is 16.2. The Kier molecular flexibility index (Phi) is 6.93. The van der Waals surface area contributed by atoms with Crippen molar-refractivity contribution in [3.63, 3.8) is 0 Å². The van der Waals surface area contributed by atoms with Gasteiger partial charge in [0, 0.05) is 11.6 Å². The molecule has 0 saturated carbocycles. The Bertz CT molecular complexity index is 1160. The zero-order chi connectivity index (χ0) is 22.5. The lowest BCUT2D eigenvalue weighted by Crippen LogP contribution is -2.28. The van der Waals surface area contributed by atoms with Crippen LogP contribution in [0.1, 0.15) is 18.1 Å². The highest BCUT2D eigenvalue weighted by Gasteiger charge is 2.32. The van der Waals surface area contributed by atoms with Crippen LogP contribution in [0, 0.1) is 5.82 Å². The van der Waals surface area contributed by atoms with E-state index in [1.807, 2.05) is 61.5 Å². The van der Waals surface area contributed by atoms with E-state index in [-0.39, 0.29) is 11.7 Å². The lowest BCUT2D eigenvalue weighted by Gasteiger charge is -2.11. The van der Waals surface area contributed by atoms with E-state index in [0.717, 1.165) is 16.9 Å². The number of carbonyl (C=O) groups is 1. The number of hydrogen-bond donors (Lipinski definition) is 0. The average molecular weight is 467 g/mol. The standard InChI is InChI=1S/C25H20ClFN2O2S/c1-2-29-24(30)23(32-25(29)28-21-11-9-20(27)10-12-21)15-17-5-13-22(14-6-17)31-16-18-3-7-19(26)8-4-18/h3-15H,2,16H2,1H3/b23-15+,28-25?. The summed E-state index contributed by atoms with van der Waals surface area (Å²) in [5.41, 5.74) is 2.52. The molecule has 0 aromatic heterocycles. The number of halogens is 2. The van der Waals surface area contributed by atoms with Crippen molar-refractivity contribution in [1.82, 2.24) is 4.90 Å². The number of thioether (sulfide) groups is 1. The van der Waals surface area contributed by atoms with Crippen LogP contribution in [0.4, 0.5) is 10.1 Å². The molecule has 3 aromatic carbocycles. The molecule has 1 heterocycles. The fourth-order valence-corrected chi connectivity index (χ4v) is 4.24. The molecule has 4 rings (SSSR count). The van der Waals surface area contributed by atoms with Gasteiger partial charge in [-0.15, -0.1) is 0 Å². The second-order valence-corrected chi connectivity index (χ2v) is 8.46. The summed E-state index contributed by atoms with van der Waals surface area (Å²) in [6, 6.07) is 21.0. The SMILES string of the molecule is CCN1C(=O)/C(=C\c2ccc(OCc3ccc(Cl)cc3)cc2)SC1=Nc1ccc(F)cc1. The molecule has 1 aliphatic heterocycles. The van der Waals surface area contributed by atoms with Crippen molar-refractivity contribution in [2.24, 2.45) is 4.99 Å². The highest BCUT2D eigenvalue weighted by atomic mass is 35.5. The third-order valence-corrected chi connectivity index (χ3v) is 6.01. The van der Waals surface area contributed by atoms with Gasteiger partial charge in [-0.05, 0) is 84.4 Å². The summed E-state index contributed by atoms with van der Waals surface area (Å²) in [4.78, 5) is 19.5. The highest BCUT2D eigenvalue weighted by molar-refractivity contribution is 8.18. The molecule has 1 saturated heterocycles. The fraction of sp³-hybridized carbons (Fsp3) is 0.120. The van der Waals surface area contributed by atoms with Gasteiger partial charge < -0.3 is 4.74 Å². The van der Waals surface area contributed by atoms with Crippen LogP contribution in [0.3, 0.4) is 0 Å². The van der Waals surface area contributed by atoms with E-state index in [0.29, 0.717) is 33.9 Å². The second kappa shape index (κ2) is 10.0. The van der Waals surface area contributed by atoms with Gasteiger partial charge in [0.05, 0.1) is 10.6 Å². The molecular weight excluding hydrogens is 447 g/mol. The number of hydrogen-bond acceptors (Lipinski definition) is 4. The third kappa shape index (κ3) is 5.39. The summed E-state index contributed by atoms with van der Waals surface area (Å²) in [7, 11) is 0. The largest absolute Gasteiger partial charge is 0.489 e. The number of benzene rings is 3. The lowest BCUT2D eigenvalue weighted by molar-refractivity contribution is -0.122. The molecular formula is C25H20ClFN2O2S. The molecule has 3 aromatic rings. The number of nitrogens with zero attached hydrogens (tertiary/aromatic N) is 2. The van der Waals surface area contributed by atoms with Crippen LogP contribution in [0.25, 0.3) is 6.08 Å². The molecule has 7 heteroatoms. The van der Waals surface area contributed by atoms with Gasteiger partial charge in [0.1, 0.15) is 18.2 Å². The number of ether oxygens (including phenoxy) is 1. The number of amidine groups is 1. The Morgan fingerprint density at radius 1 is 1.03 bits per heavy atom. The van der Waals surface area contributed by atoms with Gasteiger partial charge in [0.2, 0.25) is 0 Å². The van der Waals surface area contributed by atoms with Crippen molar-refractivity contribution < 1.29 is 13.9 Å². The first kappa shape index (κ1) is 22.1. The minimum atomic E-state index is -0.322. The van der Waals surface area contributed by atoms with E-state index in [4.69, 9.17) is 16.3 Å². The van der Waals surface area contributed by atoms with Gasteiger partial charge in [-0.3, -0.25) is 9.69 Å². The van der Waals surface area contributed by atoms with E-state index < -0.39 is 0 Å². The summed E-state index contributed by atoms with van der Waals surface area (Å²) in [6.07, 6.45) is 1.84. The quantitative estimate of drug-likeness (QED) is 0.380. The molecule has 32 heavy (non-hydrogen) atoms. The molecule has 1 fully saturated rings. The molecule has 0 atom stereocenters. The molecule has 0 bridgehead atoms. The number of aliphatic imine (C=N–C) groups is 1. The monoisotopic (exact) mass is 466 g/mol. The molecule has 4 nitrogen and oxygen atoms in total. The first-order valence-electron chi connectivity index (χ1n) is 10.0. The van der Waals surface area contributed by atoms with Gasteiger partial charge in [-0.25, -0.2) is 9.38 Å². The molecule has 0 unspecified atom stereocenters. The summed E-state index contributed by atoms with van der Waals surface area (Å²) in [6.45, 7) is 2.84. The minimum Gasteiger partial charge on any atom is -0.489 e. The van der Waals surface area contributed by atoms with Crippen molar-refractivity contribution >= 4 is 46.2 Å². The van der Waals surface area contributed by atoms with E-state index in [1.165, 1.54) is 23.9 Å². The molecule has 0 radical (unpaired) electrons. The maximum Gasteiger partial charge on any atom is 0.266 e. The molecule has 162 valence electrons. The van der Waals surface area contributed by atoms with Crippen molar-refractivity contribution in [3.05, 3.63) is 99.7 Å².